The predicted octanol–water partition coefficient (Wildman–Crippen LogP) is 6.85. The molecule has 0 aliphatic heterocycles. The van der Waals surface area contributed by atoms with Gasteiger partial charge in [0.1, 0.15) is 0 Å². The molecule has 0 amide bonds. The number of Topliss-reactive ketones (excluding diaryl/α,β-unsaturated/α-hetero) is 1. The molecule has 33 heavy (non-hydrogen) atoms. The second kappa shape index (κ2) is 7.92. The minimum atomic E-state index is -0.583. The van der Waals surface area contributed by atoms with E-state index in [0.717, 1.165) is 44.9 Å². The van der Waals surface area contributed by atoms with Crippen LogP contribution in [0.3, 0.4) is 0 Å². The lowest BCUT2D eigenvalue weighted by Crippen LogP contribution is -2.57. The highest BCUT2D eigenvalue weighted by atomic mass is 16.3. The van der Waals surface area contributed by atoms with E-state index in [4.69, 9.17) is 0 Å². The molecule has 0 unspecified atom stereocenters. The van der Waals surface area contributed by atoms with E-state index in [1.165, 1.54) is 24.0 Å². The van der Waals surface area contributed by atoms with Gasteiger partial charge in [-0.25, -0.2) is 0 Å². The lowest BCUT2D eigenvalue weighted by Gasteiger charge is -2.61. The van der Waals surface area contributed by atoms with Gasteiger partial charge in [-0.05, 0) is 92.8 Å². The van der Waals surface area contributed by atoms with E-state index in [0.29, 0.717) is 24.0 Å². The third kappa shape index (κ3) is 3.70. The summed E-state index contributed by atoms with van der Waals surface area (Å²) in [6, 6.07) is 0. The second-order valence-corrected chi connectivity index (χ2v) is 14.4. The highest BCUT2D eigenvalue weighted by molar-refractivity contribution is 5.99. The zero-order valence-corrected chi connectivity index (χ0v) is 22.7. The van der Waals surface area contributed by atoms with Gasteiger partial charge in [0.2, 0.25) is 0 Å². The Bertz CT molecular complexity index is 832. The first-order valence-corrected chi connectivity index (χ1v) is 13.8. The molecule has 3 nitrogen and oxygen atoms in total. The zero-order chi connectivity index (χ0) is 24.6. The van der Waals surface area contributed by atoms with Crippen LogP contribution in [0.15, 0.2) is 11.1 Å². The van der Waals surface area contributed by atoms with Gasteiger partial charge in [0.15, 0.2) is 5.78 Å². The van der Waals surface area contributed by atoms with E-state index in [2.05, 4.69) is 41.5 Å². The quantitative estimate of drug-likeness (QED) is 0.473. The topological polar surface area (TPSA) is 57.5 Å². The number of carbonyl (C=O) groups excluding carboxylic acids is 1. The van der Waals surface area contributed by atoms with Crippen LogP contribution < -0.4 is 0 Å². The molecule has 7 atom stereocenters. The molecule has 0 bridgehead atoms. The van der Waals surface area contributed by atoms with Crippen LogP contribution in [0.4, 0.5) is 0 Å². The molecule has 2 fully saturated rings. The molecule has 0 spiro atoms. The largest absolute Gasteiger partial charge is 0.393 e. The summed E-state index contributed by atoms with van der Waals surface area (Å²) in [5.41, 5.74) is 2.08. The Morgan fingerprint density at radius 2 is 1.73 bits per heavy atom. The first-order chi connectivity index (χ1) is 15.1. The van der Waals surface area contributed by atoms with Crippen LogP contribution in [0.25, 0.3) is 0 Å². The van der Waals surface area contributed by atoms with Crippen molar-refractivity contribution in [3.63, 3.8) is 0 Å². The van der Waals surface area contributed by atoms with Crippen molar-refractivity contribution in [2.24, 2.45) is 39.4 Å². The summed E-state index contributed by atoms with van der Waals surface area (Å²) in [5, 5.41) is 20.9. The summed E-state index contributed by atoms with van der Waals surface area (Å²) in [6.07, 6.45) is 9.81. The third-order valence-electron chi connectivity index (χ3n) is 11.7. The number of ketones is 1. The zero-order valence-electron chi connectivity index (χ0n) is 22.7. The molecule has 0 radical (unpaired) electrons. The fourth-order valence-corrected chi connectivity index (χ4v) is 9.36. The summed E-state index contributed by atoms with van der Waals surface area (Å²) in [4.78, 5) is 13.9. The van der Waals surface area contributed by atoms with Crippen LogP contribution >= 0.6 is 0 Å². The van der Waals surface area contributed by atoms with Gasteiger partial charge in [-0.15, -0.1) is 0 Å². The number of hydrogen-bond acceptors (Lipinski definition) is 3. The summed E-state index contributed by atoms with van der Waals surface area (Å²) >= 11 is 0. The van der Waals surface area contributed by atoms with Crippen LogP contribution in [0.5, 0.6) is 0 Å². The molecule has 188 valence electrons. The van der Waals surface area contributed by atoms with Gasteiger partial charge < -0.3 is 10.2 Å². The van der Waals surface area contributed by atoms with Crippen molar-refractivity contribution in [3.8, 4) is 0 Å². The van der Waals surface area contributed by atoms with Crippen LogP contribution in [0, 0.1) is 39.4 Å². The van der Waals surface area contributed by atoms with E-state index in [1.807, 2.05) is 13.8 Å². The SMILES string of the molecule is C[C@H](CCCC(C)(C)O)[C@H]1CC[C@@]2(C)C3=C(CC[C@]12C)[C@@]1(C)CC[C@H](O)C(C)(C)[C@@H]1CC3=O. The number of rotatable bonds is 5. The van der Waals surface area contributed by atoms with Gasteiger partial charge in [-0.2, -0.15) is 0 Å². The Hall–Kier alpha value is -0.670. The van der Waals surface area contributed by atoms with Crippen LogP contribution in [0.2, 0.25) is 0 Å². The summed E-state index contributed by atoms with van der Waals surface area (Å²) in [5.74, 6) is 1.89. The van der Waals surface area contributed by atoms with Crippen molar-refractivity contribution in [2.75, 3.05) is 0 Å². The van der Waals surface area contributed by atoms with Gasteiger partial charge in [-0.3, -0.25) is 4.79 Å². The maximum Gasteiger partial charge on any atom is 0.159 e. The lowest BCUT2D eigenvalue weighted by atomic mass is 9.43. The van der Waals surface area contributed by atoms with Crippen molar-refractivity contribution in [1.82, 2.24) is 0 Å². The van der Waals surface area contributed by atoms with Gasteiger partial charge in [0.05, 0.1) is 11.7 Å². The number of hydrogen-bond donors (Lipinski definition) is 2. The molecule has 0 aromatic rings. The molecule has 3 heteroatoms. The fourth-order valence-electron chi connectivity index (χ4n) is 9.36. The molecular weight excluding hydrogens is 408 g/mol. The number of carbonyl (C=O) groups is 1. The summed E-state index contributed by atoms with van der Waals surface area (Å²) in [7, 11) is 0. The van der Waals surface area contributed by atoms with E-state index in [1.54, 1.807) is 0 Å². The van der Waals surface area contributed by atoms with Crippen molar-refractivity contribution >= 4 is 5.78 Å². The van der Waals surface area contributed by atoms with Crippen molar-refractivity contribution < 1.29 is 15.0 Å². The maximum absolute atomic E-state index is 13.9. The highest BCUT2D eigenvalue weighted by Gasteiger charge is 2.65. The Kier molecular flexibility index (Phi) is 6.10. The van der Waals surface area contributed by atoms with Crippen molar-refractivity contribution in [1.29, 1.82) is 0 Å². The number of fused-ring (bicyclic) bond motifs is 4. The highest BCUT2D eigenvalue weighted by Crippen LogP contribution is 2.71. The van der Waals surface area contributed by atoms with Crippen LogP contribution in [0.1, 0.15) is 120 Å². The van der Waals surface area contributed by atoms with E-state index < -0.39 is 5.60 Å². The van der Waals surface area contributed by atoms with Crippen LogP contribution in [-0.2, 0) is 4.79 Å². The molecule has 2 saturated carbocycles. The molecule has 0 aromatic carbocycles. The minimum Gasteiger partial charge on any atom is -0.393 e. The predicted molar refractivity (Wildman–Crippen MR) is 135 cm³/mol. The standard InChI is InChI=1S/C30H50O3/c1-19(10-9-14-26(2,3)33)20-11-17-30(8)25-21(12-16-29(20,30)7)28(6)15-13-24(32)27(4,5)23(28)18-22(25)31/h19-20,23-24,32-33H,9-18H2,1-8H3/t19-,20-,23+,24+,28-,29-,30+/m1/s1. The van der Waals surface area contributed by atoms with Crippen molar-refractivity contribution in [2.45, 2.75) is 131 Å². The van der Waals surface area contributed by atoms with Crippen LogP contribution in [-0.4, -0.2) is 27.7 Å². The molecule has 2 N–H and O–H groups in total. The van der Waals surface area contributed by atoms with Gasteiger partial charge >= 0.3 is 0 Å². The first kappa shape index (κ1) is 25.4. The second-order valence-electron chi connectivity index (χ2n) is 14.4. The summed E-state index contributed by atoms with van der Waals surface area (Å²) in [6.45, 7) is 18.0. The Morgan fingerprint density at radius 3 is 2.36 bits per heavy atom. The van der Waals surface area contributed by atoms with Crippen molar-refractivity contribution in [3.05, 3.63) is 11.1 Å². The van der Waals surface area contributed by atoms with E-state index in [9.17, 15) is 15.0 Å². The molecule has 0 saturated heterocycles. The molecule has 4 aliphatic carbocycles. The molecule has 0 heterocycles. The Morgan fingerprint density at radius 1 is 1.06 bits per heavy atom. The average molecular weight is 459 g/mol. The smallest absolute Gasteiger partial charge is 0.159 e. The normalized spacial score (nSPS) is 43.7. The monoisotopic (exact) mass is 458 g/mol. The maximum atomic E-state index is 13.9. The number of aliphatic hydroxyl groups is 2. The minimum absolute atomic E-state index is 0.0268. The van der Waals surface area contributed by atoms with Gasteiger partial charge in [-0.1, -0.05) is 60.0 Å². The number of aliphatic hydroxyl groups excluding tert-OH is 1. The third-order valence-corrected chi connectivity index (χ3v) is 11.7. The number of allylic oxidation sites excluding steroid dienone is 2. The molecular formula is C30H50O3. The molecule has 4 rings (SSSR count). The lowest BCUT2D eigenvalue weighted by molar-refractivity contribution is -0.134. The average Bonchev–Trinajstić information content (AvgIpc) is 2.97. The molecule has 4 aliphatic rings. The summed E-state index contributed by atoms with van der Waals surface area (Å²) < 4.78 is 0. The Balaban J connectivity index is 1.66. The fraction of sp³-hybridized carbons (Fsp3) is 0.900. The first-order valence-electron chi connectivity index (χ1n) is 13.8. The van der Waals surface area contributed by atoms with E-state index in [-0.39, 0.29) is 33.7 Å². The van der Waals surface area contributed by atoms with Gasteiger partial charge in [0.25, 0.3) is 0 Å². The molecule has 0 aromatic heterocycles. The Labute approximate surface area is 202 Å². The van der Waals surface area contributed by atoms with Gasteiger partial charge in [0, 0.05) is 17.4 Å². The van der Waals surface area contributed by atoms with E-state index >= 15 is 0 Å².